The van der Waals surface area contributed by atoms with Gasteiger partial charge in [-0.2, -0.15) is 5.10 Å². The summed E-state index contributed by atoms with van der Waals surface area (Å²) in [4.78, 5) is 0. The Morgan fingerprint density at radius 3 is 2.92 bits per heavy atom. The van der Waals surface area contributed by atoms with E-state index >= 15 is 0 Å². The van der Waals surface area contributed by atoms with Crippen LogP contribution in [-0.4, -0.2) is 27.5 Å². The molecule has 0 bridgehead atoms. The van der Waals surface area contributed by atoms with Gasteiger partial charge in [-0.25, -0.2) is 0 Å². The first-order chi connectivity index (χ1) is 6.26. The van der Waals surface area contributed by atoms with Gasteiger partial charge in [0.25, 0.3) is 0 Å². The van der Waals surface area contributed by atoms with E-state index in [1.54, 1.807) is 13.4 Å². The van der Waals surface area contributed by atoms with Gasteiger partial charge in [-0.05, 0) is 31.5 Å². The van der Waals surface area contributed by atoms with Crippen LogP contribution in [0.25, 0.3) is 0 Å². The predicted octanol–water partition coefficient (Wildman–Crippen LogP) is 1.51. The Morgan fingerprint density at radius 1 is 1.77 bits per heavy atom. The lowest BCUT2D eigenvalue weighted by atomic mass is 9.80. The van der Waals surface area contributed by atoms with E-state index in [-0.39, 0.29) is 5.60 Å². The lowest BCUT2D eigenvalue weighted by Gasteiger charge is -2.40. The minimum atomic E-state index is 0.0160. The zero-order valence-electron chi connectivity index (χ0n) is 7.62. The molecule has 0 radical (unpaired) electrons. The molecular weight excluding hydrogens is 186 g/mol. The van der Waals surface area contributed by atoms with Gasteiger partial charge in [0, 0.05) is 7.11 Å². The van der Waals surface area contributed by atoms with Gasteiger partial charge in [-0.15, -0.1) is 0 Å². The SMILES string of the molecule is COC1(Cn2cn[nH]c2=S)CCC1. The van der Waals surface area contributed by atoms with Crippen molar-refractivity contribution in [3.05, 3.63) is 11.1 Å². The molecule has 5 heteroatoms. The maximum atomic E-state index is 5.49. The Kier molecular flexibility index (Phi) is 2.21. The summed E-state index contributed by atoms with van der Waals surface area (Å²) in [7, 11) is 1.77. The Morgan fingerprint density at radius 2 is 2.54 bits per heavy atom. The fourth-order valence-corrected chi connectivity index (χ4v) is 1.86. The minimum absolute atomic E-state index is 0.0160. The van der Waals surface area contributed by atoms with Gasteiger partial charge in [0.2, 0.25) is 0 Å². The number of methoxy groups -OCH3 is 1. The summed E-state index contributed by atoms with van der Waals surface area (Å²) in [5.41, 5.74) is 0.0160. The molecule has 1 aliphatic rings. The highest BCUT2D eigenvalue weighted by molar-refractivity contribution is 7.71. The Hall–Kier alpha value is -0.680. The molecule has 72 valence electrons. The Balaban J connectivity index is 2.13. The first-order valence-electron chi connectivity index (χ1n) is 4.41. The highest BCUT2D eigenvalue weighted by atomic mass is 32.1. The van der Waals surface area contributed by atoms with Crippen LogP contribution in [0, 0.1) is 4.77 Å². The van der Waals surface area contributed by atoms with E-state index in [4.69, 9.17) is 17.0 Å². The van der Waals surface area contributed by atoms with Crippen molar-refractivity contribution in [1.82, 2.24) is 14.8 Å². The summed E-state index contributed by atoms with van der Waals surface area (Å²) in [5, 5.41) is 6.61. The zero-order valence-corrected chi connectivity index (χ0v) is 8.43. The van der Waals surface area contributed by atoms with Crippen molar-refractivity contribution in [3.8, 4) is 0 Å². The smallest absolute Gasteiger partial charge is 0.195 e. The standard InChI is InChI=1S/C8H13N3OS/c1-12-8(3-2-4-8)5-11-6-9-10-7(11)13/h6H,2-5H2,1H3,(H,10,13). The number of H-pyrrole nitrogens is 1. The summed E-state index contributed by atoms with van der Waals surface area (Å²) in [5.74, 6) is 0. The molecule has 0 atom stereocenters. The van der Waals surface area contributed by atoms with E-state index in [9.17, 15) is 0 Å². The summed E-state index contributed by atoms with van der Waals surface area (Å²) < 4.78 is 8.09. The second-order valence-electron chi connectivity index (χ2n) is 3.53. The lowest BCUT2D eigenvalue weighted by Crippen LogP contribution is -2.43. The Labute approximate surface area is 81.9 Å². The van der Waals surface area contributed by atoms with Gasteiger partial charge in [-0.1, -0.05) is 0 Å². The van der Waals surface area contributed by atoms with Gasteiger partial charge in [-0.3, -0.25) is 5.10 Å². The minimum Gasteiger partial charge on any atom is -0.376 e. The molecule has 0 unspecified atom stereocenters. The topological polar surface area (TPSA) is 42.8 Å². The van der Waals surface area contributed by atoms with Gasteiger partial charge >= 0.3 is 0 Å². The van der Waals surface area contributed by atoms with Crippen LogP contribution in [0.4, 0.5) is 0 Å². The molecular formula is C8H13N3OS. The summed E-state index contributed by atoms with van der Waals surface area (Å²) in [6.07, 6.45) is 5.22. The van der Waals surface area contributed by atoms with Crippen molar-refractivity contribution in [2.75, 3.05) is 7.11 Å². The molecule has 0 aliphatic heterocycles. The van der Waals surface area contributed by atoms with Crippen LogP contribution in [-0.2, 0) is 11.3 Å². The normalized spacial score (nSPS) is 19.8. The monoisotopic (exact) mass is 199 g/mol. The average Bonchev–Trinajstić information content (AvgIpc) is 2.44. The van der Waals surface area contributed by atoms with Crippen LogP contribution in [0.3, 0.4) is 0 Å². The highest BCUT2D eigenvalue weighted by Gasteiger charge is 2.37. The molecule has 1 aromatic heterocycles. The van der Waals surface area contributed by atoms with E-state index < -0.39 is 0 Å². The average molecular weight is 199 g/mol. The van der Waals surface area contributed by atoms with E-state index in [1.807, 2.05) is 4.57 Å². The highest BCUT2D eigenvalue weighted by Crippen LogP contribution is 2.36. The molecule has 13 heavy (non-hydrogen) atoms. The summed E-state index contributed by atoms with van der Waals surface area (Å²) in [6.45, 7) is 0.818. The van der Waals surface area contributed by atoms with Crippen molar-refractivity contribution in [3.63, 3.8) is 0 Å². The first kappa shape index (κ1) is 8.90. The third kappa shape index (κ3) is 1.53. The predicted molar refractivity (Wildman–Crippen MR) is 51.0 cm³/mol. The van der Waals surface area contributed by atoms with Crippen molar-refractivity contribution in [2.24, 2.45) is 0 Å². The van der Waals surface area contributed by atoms with E-state index in [0.29, 0.717) is 4.77 Å². The molecule has 1 heterocycles. The fourth-order valence-electron chi connectivity index (χ4n) is 1.69. The Bertz CT molecular complexity index is 334. The largest absolute Gasteiger partial charge is 0.376 e. The summed E-state index contributed by atoms with van der Waals surface area (Å²) in [6, 6.07) is 0. The van der Waals surface area contributed by atoms with Crippen molar-refractivity contribution >= 4 is 12.2 Å². The number of aromatic nitrogens is 3. The maximum Gasteiger partial charge on any atom is 0.195 e. The number of hydrogen-bond donors (Lipinski definition) is 1. The molecule has 0 aromatic carbocycles. The van der Waals surface area contributed by atoms with Gasteiger partial charge in [0.1, 0.15) is 6.33 Å². The number of ether oxygens (including phenoxy) is 1. The number of aromatic amines is 1. The van der Waals surface area contributed by atoms with Gasteiger partial charge in [0.15, 0.2) is 4.77 Å². The number of nitrogens with zero attached hydrogens (tertiary/aromatic N) is 2. The van der Waals surface area contributed by atoms with Crippen LogP contribution < -0.4 is 0 Å². The van der Waals surface area contributed by atoms with E-state index in [0.717, 1.165) is 19.4 Å². The van der Waals surface area contributed by atoms with E-state index in [2.05, 4.69) is 10.2 Å². The third-order valence-corrected chi connectivity index (χ3v) is 3.10. The van der Waals surface area contributed by atoms with Crippen molar-refractivity contribution < 1.29 is 4.74 Å². The molecule has 4 nitrogen and oxygen atoms in total. The first-order valence-corrected chi connectivity index (χ1v) is 4.82. The van der Waals surface area contributed by atoms with Gasteiger partial charge < -0.3 is 9.30 Å². The molecule has 1 aromatic rings. The molecule has 1 saturated carbocycles. The second kappa shape index (κ2) is 3.23. The molecule has 0 saturated heterocycles. The van der Waals surface area contributed by atoms with Crippen molar-refractivity contribution in [1.29, 1.82) is 0 Å². The summed E-state index contributed by atoms with van der Waals surface area (Å²) >= 11 is 5.06. The maximum absolute atomic E-state index is 5.49. The fraction of sp³-hybridized carbons (Fsp3) is 0.750. The van der Waals surface area contributed by atoms with Crippen LogP contribution in [0.1, 0.15) is 19.3 Å². The molecule has 1 N–H and O–H groups in total. The molecule has 1 aliphatic carbocycles. The lowest BCUT2D eigenvalue weighted by molar-refractivity contribution is -0.0838. The number of nitrogens with one attached hydrogen (secondary N) is 1. The van der Waals surface area contributed by atoms with Gasteiger partial charge in [0.05, 0.1) is 12.1 Å². The van der Waals surface area contributed by atoms with Crippen LogP contribution in [0.15, 0.2) is 6.33 Å². The molecule has 0 amide bonds. The van der Waals surface area contributed by atoms with Crippen molar-refractivity contribution in [2.45, 2.75) is 31.4 Å². The number of hydrogen-bond acceptors (Lipinski definition) is 3. The number of rotatable bonds is 3. The van der Waals surface area contributed by atoms with Crippen LogP contribution in [0.5, 0.6) is 0 Å². The second-order valence-corrected chi connectivity index (χ2v) is 3.92. The molecule has 1 fully saturated rings. The van der Waals surface area contributed by atoms with Crippen LogP contribution in [0.2, 0.25) is 0 Å². The quantitative estimate of drug-likeness (QED) is 0.750. The third-order valence-electron chi connectivity index (χ3n) is 2.77. The molecule has 0 spiro atoms. The molecule has 2 rings (SSSR count). The zero-order chi connectivity index (χ0) is 9.31. The van der Waals surface area contributed by atoms with E-state index in [1.165, 1.54) is 6.42 Å². The van der Waals surface area contributed by atoms with Crippen LogP contribution >= 0.6 is 12.2 Å².